The van der Waals surface area contributed by atoms with E-state index in [4.69, 9.17) is 0 Å². The van der Waals surface area contributed by atoms with E-state index in [2.05, 4.69) is 108 Å². The predicted molar refractivity (Wildman–Crippen MR) is 108 cm³/mol. The van der Waals surface area contributed by atoms with Crippen LogP contribution in [0.15, 0.2) is 89.4 Å². The molecule has 0 saturated heterocycles. The second kappa shape index (κ2) is 7.43. The van der Waals surface area contributed by atoms with E-state index >= 15 is 0 Å². The van der Waals surface area contributed by atoms with Crippen LogP contribution < -0.4 is 15.9 Å². The lowest BCUT2D eigenvalue weighted by Crippen LogP contribution is -2.33. The zero-order valence-corrected chi connectivity index (χ0v) is 15.8. The molecule has 0 aliphatic rings. The van der Waals surface area contributed by atoms with Gasteiger partial charge in [-0.05, 0) is 58.7 Å². The Morgan fingerprint density at radius 1 is 0.696 bits per heavy atom. The summed E-state index contributed by atoms with van der Waals surface area (Å²) in [5, 5.41) is 4.36. The molecule has 0 spiro atoms. The van der Waals surface area contributed by atoms with E-state index in [1.54, 1.807) is 0 Å². The van der Waals surface area contributed by atoms with E-state index in [9.17, 15) is 0 Å². The Balaban J connectivity index is 2.34. The molecular formula is C21H21BrP+. The summed E-state index contributed by atoms with van der Waals surface area (Å²) in [7, 11) is -1.64. The van der Waals surface area contributed by atoms with Gasteiger partial charge in [-0.25, -0.2) is 0 Å². The van der Waals surface area contributed by atoms with Gasteiger partial charge in [0.25, 0.3) is 0 Å². The zero-order valence-electron chi connectivity index (χ0n) is 13.3. The molecule has 0 radical (unpaired) electrons. The summed E-state index contributed by atoms with van der Waals surface area (Å²) in [4.78, 5) is 0. The van der Waals surface area contributed by atoms with Crippen LogP contribution in [0.4, 0.5) is 0 Å². The highest BCUT2D eigenvalue weighted by atomic mass is 79.9. The Morgan fingerprint density at radius 3 is 1.65 bits per heavy atom. The molecule has 0 aliphatic carbocycles. The fourth-order valence-corrected chi connectivity index (χ4v) is 8.88. The largest absolute Gasteiger partial charge is 0.118 e. The molecule has 0 nitrogen and oxygen atoms in total. The highest BCUT2D eigenvalue weighted by Crippen LogP contribution is 2.56. The van der Waals surface area contributed by atoms with Crippen molar-refractivity contribution in [3.8, 4) is 0 Å². The SMILES string of the molecule is CCC[P+](c1ccccc1)(c1ccccc1)c1ccccc1Br. The van der Waals surface area contributed by atoms with Crippen molar-refractivity contribution < 1.29 is 0 Å². The number of hydrogen-bond donors (Lipinski definition) is 0. The molecule has 0 aromatic heterocycles. The minimum atomic E-state index is -1.64. The Bertz CT molecular complexity index is 714. The number of hydrogen-bond acceptors (Lipinski definition) is 0. The lowest BCUT2D eigenvalue weighted by Gasteiger charge is -2.28. The summed E-state index contributed by atoms with van der Waals surface area (Å²) in [6, 6.07) is 30.8. The van der Waals surface area contributed by atoms with Crippen molar-refractivity contribution in [2.75, 3.05) is 6.16 Å². The second-order valence-corrected chi connectivity index (χ2v) is 10.1. The van der Waals surface area contributed by atoms with Gasteiger partial charge >= 0.3 is 0 Å². The quantitative estimate of drug-likeness (QED) is 0.534. The minimum Gasteiger partial charge on any atom is -0.0620 e. The first kappa shape index (κ1) is 16.4. The van der Waals surface area contributed by atoms with Gasteiger partial charge in [0.15, 0.2) is 0 Å². The third-order valence-electron chi connectivity index (χ3n) is 4.22. The molecule has 0 bridgehead atoms. The molecule has 0 unspecified atom stereocenters. The Labute approximate surface area is 148 Å². The van der Waals surface area contributed by atoms with Crippen LogP contribution >= 0.6 is 23.2 Å². The van der Waals surface area contributed by atoms with Crippen molar-refractivity contribution in [2.45, 2.75) is 13.3 Å². The molecule has 0 fully saturated rings. The first-order valence-corrected chi connectivity index (χ1v) is 10.8. The summed E-state index contributed by atoms with van der Waals surface area (Å²) in [6.45, 7) is 2.29. The molecular weight excluding hydrogens is 363 g/mol. The van der Waals surface area contributed by atoms with E-state index in [1.807, 2.05) is 0 Å². The minimum absolute atomic E-state index is 1.17. The van der Waals surface area contributed by atoms with Crippen LogP contribution in [0.3, 0.4) is 0 Å². The predicted octanol–water partition coefficient (Wildman–Crippen LogP) is 5.15. The van der Waals surface area contributed by atoms with Crippen LogP contribution in [0, 0.1) is 0 Å². The topological polar surface area (TPSA) is 0 Å². The molecule has 0 atom stereocenters. The molecule has 3 aromatic carbocycles. The second-order valence-electron chi connectivity index (χ2n) is 5.66. The van der Waals surface area contributed by atoms with Gasteiger partial charge in [-0.3, -0.25) is 0 Å². The standard InChI is InChI=1S/C21H21BrP/c1-2-17-23(18-11-5-3-6-12-18,19-13-7-4-8-14-19)21-16-10-9-15-20(21)22/h3-16H,2,17H2,1H3/q+1. The van der Waals surface area contributed by atoms with Gasteiger partial charge < -0.3 is 0 Å². The van der Waals surface area contributed by atoms with Crippen molar-refractivity contribution in [2.24, 2.45) is 0 Å². The van der Waals surface area contributed by atoms with Gasteiger partial charge in [0, 0.05) is 0 Å². The Kier molecular flexibility index (Phi) is 5.30. The van der Waals surface area contributed by atoms with E-state index in [0.29, 0.717) is 0 Å². The summed E-state index contributed by atoms with van der Waals surface area (Å²) < 4.78 is 1.22. The molecule has 0 N–H and O–H groups in total. The van der Waals surface area contributed by atoms with Crippen molar-refractivity contribution in [1.82, 2.24) is 0 Å². The van der Waals surface area contributed by atoms with Gasteiger partial charge in [0.1, 0.15) is 23.2 Å². The van der Waals surface area contributed by atoms with E-state index in [0.717, 1.165) is 0 Å². The first-order chi connectivity index (χ1) is 11.3. The summed E-state index contributed by atoms with van der Waals surface area (Å²) in [6.07, 6.45) is 2.35. The van der Waals surface area contributed by atoms with E-state index in [-0.39, 0.29) is 0 Å². The van der Waals surface area contributed by atoms with E-state index < -0.39 is 7.26 Å². The van der Waals surface area contributed by atoms with Gasteiger partial charge in [0.05, 0.1) is 10.6 Å². The van der Waals surface area contributed by atoms with Gasteiger partial charge in [0.2, 0.25) is 0 Å². The van der Waals surface area contributed by atoms with Crippen molar-refractivity contribution in [3.63, 3.8) is 0 Å². The molecule has 0 amide bonds. The number of benzene rings is 3. The summed E-state index contributed by atoms with van der Waals surface area (Å²) in [5.41, 5.74) is 0. The maximum Gasteiger partial charge on any atom is 0.118 e. The van der Waals surface area contributed by atoms with Crippen molar-refractivity contribution in [1.29, 1.82) is 0 Å². The van der Waals surface area contributed by atoms with Crippen LogP contribution in [0.25, 0.3) is 0 Å². The molecule has 3 rings (SSSR count). The average Bonchev–Trinajstić information content (AvgIpc) is 2.62. The van der Waals surface area contributed by atoms with E-state index in [1.165, 1.54) is 33.0 Å². The fraction of sp³-hybridized carbons (Fsp3) is 0.143. The van der Waals surface area contributed by atoms with Crippen LogP contribution in [0.2, 0.25) is 0 Å². The molecule has 0 aliphatic heterocycles. The summed E-state index contributed by atoms with van der Waals surface area (Å²) in [5.74, 6) is 0. The van der Waals surface area contributed by atoms with Crippen molar-refractivity contribution in [3.05, 3.63) is 89.4 Å². The van der Waals surface area contributed by atoms with Gasteiger partial charge in [-0.15, -0.1) is 0 Å². The van der Waals surface area contributed by atoms with Crippen LogP contribution in [-0.2, 0) is 0 Å². The van der Waals surface area contributed by atoms with Crippen LogP contribution in [0.5, 0.6) is 0 Å². The Morgan fingerprint density at radius 2 is 1.17 bits per heavy atom. The lowest BCUT2D eigenvalue weighted by molar-refractivity contribution is 1.10. The average molecular weight is 384 g/mol. The Hall–Kier alpha value is -1.43. The molecule has 2 heteroatoms. The zero-order chi connectivity index (χ0) is 16.1. The molecule has 0 saturated carbocycles. The molecule has 0 heterocycles. The smallest absolute Gasteiger partial charge is 0.0620 e. The van der Waals surface area contributed by atoms with Gasteiger partial charge in [-0.1, -0.05) is 55.5 Å². The third-order valence-corrected chi connectivity index (χ3v) is 9.90. The first-order valence-electron chi connectivity index (χ1n) is 8.03. The molecule has 23 heavy (non-hydrogen) atoms. The lowest BCUT2D eigenvalue weighted by atomic mass is 10.3. The highest BCUT2D eigenvalue weighted by Gasteiger charge is 2.45. The number of rotatable bonds is 5. The monoisotopic (exact) mass is 383 g/mol. The highest BCUT2D eigenvalue weighted by molar-refractivity contribution is 9.10. The molecule has 3 aromatic rings. The van der Waals surface area contributed by atoms with Crippen LogP contribution in [-0.4, -0.2) is 6.16 Å². The van der Waals surface area contributed by atoms with Crippen LogP contribution in [0.1, 0.15) is 13.3 Å². The maximum absolute atomic E-state index is 3.82. The van der Waals surface area contributed by atoms with Crippen molar-refractivity contribution >= 4 is 39.1 Å². The number of halogens is 1. The van der Waals surface area contributed by atoms with Gasteiger partial charge in [-0.2, -0.15) is 0 Å². The summed E-state index contributed by atoms with van der Waals surface area (Å²) >= 11 is 3.82. The normalized spacial score (nSPS) is 11.4. The molecule has 116 valence electrons. The third kappa shape index (κ3) is 3.13. The maximum atomic E-state index is 3.82. The fourth-order valence-electron chi connectivity index (χ4n) is 3.27.